The van der Waals surface area contributed by atoms with E-state index in [2.05, 4.69) is 55.1 Å². The highest BCUT2D eigenvalue weighted by atomic mass is 79.9. The minimum absolute atomic E-state index is 0.968. The fraction of sp³-hybridized carbons (Fsp3) is 0.286. The predicted molar refractivity (Wildman–Crippen MR) is 75.8 cm³/mol. The van der Waals surface area contributed by atoms with Crippen molar-refractivity contribution in [2.45, 2.75) is 12.8 Å². The summed E-state index contributed by atoms with van der Waals surface area (Å²) in [5.41, 5.74) is 2.93. The van der Waals surface area contributed by atoms with Gasteiger partial charge in [-0.25, -0.2) is 9.97 Å². The van der Waals surface area contributed by atoms with Gasteiger partial charge in [-0.15, -0.1) is 0 Å². The molecule has 2 heterocycles. The second-order valence-corrected chi connectivity index (χ2v) is 5.30. The molecule has 0 atom stereocenters. The molecule has 2 aromatic rings. The maximum atomic E-state index is 4.37. The zero-order valence-corrected chi connectivity index (χ0v) is 11.6. The Labute approximate surface area is 115 Å². The van der Waals surface area contributed by atoms with Crippen molar-refractivity contribution in [3.63, 3.8) is 0 Å². The first-order chi connectivity index (χ1) is 8.84. The molecule has 3 rings (SSSR count). The van der Waals surface area contributed by atoms with Gasteiger partial charge in [-0.1, -0.05) is 24.3 Å². The molecule has 1 aliphatic heterocycles. The van der Waals surface area contributed by atoms with Gasteiger partial charge in [0, 0.05) is 19.3 Å². The topological polar surface area (TPSA) is 29.0 Å². The molecule has 1 aromatic carbocycles. The normalized spacial score (nSPS) is 15.1. The van der Waals surface area contributed by atoms with Crippen molar-refractivity contribution in [2.75, 3.05) is 18.0 Å². The summed E-state index contributed by atoms with van der Waals surface area (Å²) in [5, 5.41) is 0. The summed E-state index contributed by atoms with van der Waals surface area (Å²) in [5.74, 6) is 0.998. The van der Waals surface area contributed by atoms with Crippen LogP contribution in [0.5, 0.6) is 0 Å². The number of fused-ring (bicyclic) bond motifs is 1. The first-order valence-corrected chi connectivity index (χ1v) is 6.91. The highest BCUT2D eigenvalue weighted by molar-refractivity contribution is 9.10. The van der Waals surface area contributed by atoms with Crippen LogP contribution in [-0.2, 0) is 12.8 Å². The summed E-state index contributed by atoms with van der Waals surface area (Å²) in [4.78, 5) is 10.7. The third-order valence-corrected chi connectivity index (χ3v) is 3.93. The molecule has 0 aliphatic carbocycles. The number of aromatic nitrogens is 2. The fourth-order valence-electron chi connectivity index (χ4n) is 2.42. The van der Waals surface area contributed by atoms with E-state index in [0.717, 1.165) is 36.2 Å². The van der Waals surface area contributed by atoms with Crippen LogP contribution < -0.4 is 4.90 Å². The molecule has 0 saturated heterocycles. The minimum atomic E-state index is 0.968. The van der Waals surface area contributed by atoms with Gasteiger partial charge in [0.25, 0.3) is 0 Å². The van der Waals surface area contributed by atoms with E-state index in [-0.39, 0.29) is 0 Å². The minimum Gasteiger partial charge on any atom is -0.355 e. The summed E-state index contributed by atoms with van der Waals surface area (Å²) in [6.07, 6.45) is 5.57. The van der Waals surface area contributed by atoms with E-state index in [0.29, 0.717) is 0 Å². The molecule has 0 radical (unpaired) electrons. The van der Waals surface area contributed by atoms with E-state index in [9.17, 15) is 0 Å². The summed E-state index contributed by atoms with van der Waals surface area (Å²) in [6, 6.07) is 8.70. The van der Waals surface area contributed by atoms with Gasteiger partial charge in [-0.2, -0.15) is 0 Å². The monoisotopic (exact) mass is 303 g/mol. The van der Waals surface area contributed by atoms with Crippen LogP contribution in [-0.4, -0.2) is 23.1 Å². The number of hydrogen-bond donors (Lipinski definition) is 0. The van der Waals surface area contributed by atoms with E-state index < -0.39 is 0 Å². The van der Waals surface area contributed by atoms with Crippen LogP contribution >= 0.6 is 15.9 Å². The summed E-state index contributed by atoms with van der Waals surface area (Å²) in [6.45, 7) is 2.01. The maximum absolute atomic E-state index is 4.37. The average molecular weight is 304 g/mol. The Balaban J connectivity index is 1.85. The first-order valence-electron chi connectivity index (χ1n) is 6.12. The molecule has 0 N–H and O–H groups in total. The van der Waals surface area contributed by atoms with Crippen LogP contribution in [0.1, 0.15) is 11.1 Å². The van der Waals surface area contributed by atoms with Crippen LogP contribution in [0.2, 0.25) is 0 Å². The molecule has 4 heteroatoms. The molecule has 0 unspecified atom stereocenters. The zero-order chi connectivity index (χ0) is 12.4. The van der Waals surface area contributed by atoms with Gasteiger partial charge in [0.05, 0.1) is 4.47 Å². The Bertz CT molecular complexity index is 529. The lowest BCUT2D eigenvalue weighted by molar-refractivity contribution is 0.785. The van der Waals surface area contributed by atoms with Gasteiger partial charge < -0.3 is 4.90 Å². The third kappa shape index (κ3) is 2.25. The largest absolute Gasteiger partial charge is 0.355 e. The van der Waals surface area contributed by atoms with Crippen LogP contribution in [0.4, 0.5) is 5.82 Å². The average Bonchev–Trinajstić information content (AvgIpc) is 2.62. The van der Waals surface area contributed by atoms with Crippen molar-refractivity contribution in [2.24, 2.45) is 0 Å². The molecule has 1 aliphatic rings. The predicted octanol–water partition coefficient (Wildman–Crippen LogP) is 2.84. The van der Waals surface area contributed by atoms with Gasteiger partial charge in [0.1, 0.15) is 12.1 Å². The standard InChI is InChI=1S/C14H14BrN3/c15-13-9-16-10-17-14(13)18-7-5-11-3-1-2-4-12(11)6-8-18/h1-4,9-10H,5-8H2. The van der Waals surface area contributed by atoms with Crippen molar-refractivity contribution in [3.8, 4) is 0 Å². The quantitative estimate of drug-likeness (QED) is 0.811. The van der Waals surface area contributed by atoms with Crippen LogP contribution in [0, 0.1) is 0 Å². The summed E-state index contributed by atoms with van der Waals surface area (Å²) >= 11 is 3.53. The lowest BCUT2D eigenvalue weighted by atomic mass is 10.0. The molecule has 92 valence electrons. The second-order valence-electron chi connectivity index (χ2n) is 4.45. The second kappa shape index (κ2) is 5.06. The SMILES string of the molecule is Brc1cncnc1N1CCc2ccccc2CC1. The molecule has 1 aromatic heterocycles. The Kier molecular flexibility index (Phi) is 3.28. The Morgan fingerprint density at radius 2 is 1.72 bits per heavy atom. The van der Waals surface area contributed by atoms with Crippen molar-refractivity contribution >= 4 is 21.7 Å². The summed E-state index contributed by atoms with van der Waals surface area (Å²) < 4.78 is 0.968. The van der Waals surface area contributed by atoms with Crippen LogP contribution in [0.3, 0.4) is 0 Å². The molecule has 0 amide bonds. The van der Waals surface area contributed by atoms with Crippen molar-refractivity contribution in [3.05, 3.63) is 52.4 Å². The fourth-order valence-corrected chi connectivity index (χ4v) is 2.89. The van der Waals surface area contributed by atoms with Gasteiger partial charge in [-0.05, 0) is 39.9 Å². The van der Waals surface area contributed by atoms with E-state index in [1.54, 1.807) is 12.5 Å². The number of halogens is 1. The number of nitrogens with zero attached hydrogens (tertiary/aromatic N) is 3. The number of anilines is 1. The van der Waals surface area contributed by atoms with Crippen LogP contribution in [0.25, 0.3) is 0 Å². The molecule has 0 fully saturated rings. The zero-order valence-electron chi connectivity index (χ0n) is 10.0. The number of rotatable bonds is 1. The van der Waals surface area contributed by atoms with Gasteiger partial charge in [0.2, 0.25) is 0 Å². The van der Waals surface area contributed by atoms with E-state index in [4.69, 9.17) is 0 Å². The molecule has 0 spiro atoms. The molecular formula is C14H14BrN3. The lowest BCUT2D eigenvalue weighted by Crippen LogP contribution is -2.27. The van der Waals surface area contributed by atoms with Gasteiger partial charge in [0.15, 0.2) is 0 Å². The summed E-state index contributed by atoms with van der Waals surface area (Å²) in [7, 11) is 0. The van der Waals surface area contributed by atoms with Crippen molar-refractivity contribution in [1.82, 2.24) is 9.97 Å². The van der Waals surface area contributed by atoms with Crippen molar-refractivity contribution in [1.29, 1.82) is 0 Å². The van der Waals surface area contributed by atoms with Gasteiger partial charge >= 0.3 is 0 Å². The number of benzene rings is 1. The Morgan fingerprint density at radius 3 is 2.33 bits per heavy atom. The molecule has 0 bridgehead atoms. The molecule has 3 nitrogen and oxygen atoms in total. The Morgan fingerprint density at radius 1 is 1.06 bits per heavy atom. The van der Waals surface area contributed by atoms with Gasteiger partial charge in [-0.3, -0.25) is 0 Å². The lowest BCUT2D eigenvalue weighted by Gasteiger charge is -2.21. The van der Waals surface area contributed by atoms with E-state index in [1.807, 2.05) is 0 Å². The Hall–Kier alpha value is -1.42. The van der Waals surface area contributed by atoms with E-state index >= 15 is 0 Å². The highest BCUT2D eigenvalue weighted by Gasteiger charge is 2.16. The number of hydrogen-bond acceptors (Lipinski definition) is 3. The molecular weight excluding hydrogens is 290 g/mol. The van der Waals surface area contributed by atoms with Crippen molar-refractivity contribution < 1.29 is 0 Å². The third-order valence-electron chi connectivity index (χ3n) is 3.37. The first kappa shape index (κ1) is 11.7. The smallest absolute Gasteiger partial charge is 0.146 e. The molecule has 0 saturated carbocycles. The highest BCUT2D eigenvalue weighted by Crippen LogP contribution is 2.25. The van der Waals surface area contributed by atoms with E-state index in [1.165, 1.54) is 11.1 Å². The van der Waals surface area contributed by atoms with Crippen LogP contribution in [0.15, 0.2) is 41.3 Å². The maximum Gasteiger partial charge on any atom is 0.146 e. The molecule has 18 heavy (non-hydrogen) atoms.